The first-order chi connectivity index (χ1) is 11.5. The van der Waals surface area contributed by atoms with Gasteiger partial charge in [-0.15, -0.1) is 0 Å². The number of amides is 1. The molecular formula is C16H13N3O5. The van der Waals surface area contributed by atoms with Crippen LogP contribution >= 0.6 is 0 Å². The van der Waals surface area contributed by atoms with Crippen molar-refractivity contribution < 1.29 is 14.6 Å². The molecule has 1 aliphatic rings. The molecule has 1 aliphatic heterocycles. The zero-order chi connectivity index (χ0) is 17.3. The Kier molecular flexibility index (Phi) is 3.95. The third kappa shape index (κ3) is 2.94. The van der Waals surface area contributed by atoms with Crippen molar-refractivity contribution in [1.82, 2.24) is 4.90 Å². The Balaban J connectivity index is 1.93. The second-order valence-corrected chi connectivity index (χ2v) is 5.50. The van der Waals surface area contributed by atoms with Gasteiger partial charge in [0.05, 0.1) is 21.5 Å². The molecule has 0 atom stereocenters. The van der Waals surface area contributed by atoms with Crippen LogP contribution in [0.2, 0.25) is 0 Å². The van der Waals surface area contributed by atoms with E-state index >= 15 is 0 Å². The van der Waals surface area contributed by atoms with Gasteiger partial charge >= 0.3 is 0 Å². The molecule has 8 heteroatoms. The molecule has 0 N–H and O–H groups in total. The Labute approximate surface area is 136 Å². The summed E-state index contributed by atoms with van der Waals surface area (Å²) in [6.45, 7) is 0.845. The van der Waals surface area contributed by atoms with Crippen LogP contribution < -0.4 is 0 Å². The van der Waals surface area contributed by atoms with Crippen molar-refractivity contribution in [2.45, 2.75) is 13.0 Å². The van der Waals surface area contributed by atoms with Crippen LogP contribution in [0.25, 0.3) is 0 Å². The van der Waals surface area contributed by atoms with Gasteiger partial charge in [0.25, 0.3) is 17.3 Å². The van der Waals surface area contributed by atoms with Crippen molar-refractivity contribution in [2.75, 3.05) is 6.54 Å². The number of rotatable bonds is 3. The SMILES string of the molecule is O=C(c1cc([N+](=O)[O-])cc([N+](=O)[O-])c1)N1CCc2ccccc2C1. The Morgan fingerprint density at radius 3 is 2.12 bits per heavy atom. The second kappa shape index (κ2) is 6.07. The third-order valence-electron chi connectivity index (χ3n) is 3.99. The van der Waals surface area contributed by atoms with Gasteiger partial charge in [-0.2, -0.15) is 0 Å². The Morgan fingerprint density at radius 2 is 1.54 bits per heavy atom. The zero-order valence-corrected chi connectivity index (χ0v) is 12.5. The number of carbonyl (C=O) groups is 1. The highest BCUT2D eigenvalue weighted by molar-refractivity contribution is 5.95. The number of nitro groups is 2. The van der Waals surface area contributed by atoms with E-state index in [4.69, 9.17) is 0 Å². The summed E-state index contributed by atoms with van der Waals surface area (Å²) >= 11 is 0. The highest BCUT2D eigenvalue weighted by atomic mass is 16.6. The lowest BCUT2D eigenvalue weighted by molar-refractivity contribution is -0.394. The van der Waals surface area contributed by atoms with Crippen molar-refractivity contribution in [3.8, 4) is 0 Å². The van der Waals surface area contributed by atoms with Gasteiger partial charge in [-0.05, 0) is 17.5 Å². The molecule has 0 radical (unpaired) electrons. The van der Waals surface area contributed by atoms with Crippen LogP contribution in [0.1, 0.15) is 21.5 Å². The minimum Gasteiger partial charge on any atom is -0.334 e. The number of hydrogen-bond donors (Lipinski definition) is 0. The maximum Gasteiger partial charge on any atom is 0.277 e. The minimum absolute atomic E-state index is 0.0460. The fraction of sp³-hybridized carbons (Fsp3) is 0.188. The Morgan fingerprint density at radius 1 is 0.958 bits per heavy atom. The van der Waals surface area contributed by atoms with E-state index in [1.165, 1.54) is 0 Å². The van der Waals surface area contributed by atoms with Crippen LogP contribution in [0.15, 0.2) is 42.5 Å². The molecule has 0 bridgehead atoms. The van der Waals surface area contributed by atoms with Crippen molar-refractivity contribution >= 4 is 17.3 Å². The van der Waals surface area contributed by atoms with Gasteiger partial charge in [-0.25, -0.2) is 0 Å². The fourth-order valence-electron chi connectivity index (χ4n) is 2.78. The molecule has 3 rings (SSSR count). The number of nitrogens with zero attached hydrogens (tertiary/aromatic N) is 3. The van der Waals surface area contributed by atoms with E-state index in [1.54, 1.807) is 4.90 Å². The molecule has 8 nitrogen and oxygen atoms in total. The van der Waals surface area contributed by atoms with Gasteiger partial charge in [0, 0.05) is 25.2 Å². The van der Waals surface area contributed by atoms with E-state index in [2.05, 4.69) is 0 Å². The molecule has 0 saturated heterocycles. The molecule has 24 heavy (non-hydrogen) atoms. The van der Waals surface area contributed by atoms with Crippen molar-refractivity contribution in [1.29, 1.82) is 0 Å². The van der Waals surface area contributed by atoms with Crippen molar-refractivity contribution in [2.24, 2.45) is 0 Å². The van der Waals surface area contributed by atoms with Crippen LogP contribution in [0, 0.1) is 20.2 Å². The second-order valence-electron chi connectivity index (χ2n) is 5.50. The van der Waals surface area contributed by atoms with Gasteiger partial charge in [-0.3, -0.25) is 25.0 Å². The summed E-state index contributed by atoms with van der Waals surface area (Å²) in [4.78, 5) is 34.6. The van der Waals surface area contributed by atoms with Crippen LogP contribution in [0.4, 0.5) is 11.4 Å². The fourth-order valence-corrected chi connectivity index (χ4v) is 2.78. The summed E-state index contributed by atoms with van der Waals surface area (Å²) in [6.07, 6.45) is 0.679. The molecule has 0 unspecified atom stereocenters. The minimum atomic E-state index is -0.741. The predicted molar refractivity (Wildman–Crippen MR) is 84.6 cm³/mol. The van der Waals surface area contributed by atoms with E-state index in [9.17, 15) is 25.0 Å². The van der Waals surface area contributed by atoms with Gasteiger partial charge in [0.15, 0.2) is 0 Å². The maximum absolute atomic E-state index is 12.6. The number of benzene rings is 2. The van der Waals surface area contributed by atoms with Crippen molar-refractivity contribution in [3.63, 3.8) is 0 Å². The first-order valence-electron chi connectivity index (χ1n) is 7.25. The van der Waals surface area contributed by atoms with Crippen molar-refractivity contribution in [3.05, 3.63) is 79.4 Å². The largest absolute Gasteiger partial charge is 0.334 e. The summed E-state index contributed by atoms with van der Waals surface area (Å²) < 4.78 is 0. The quantitative estimate of drug-likeness (QED) is 0.636. The molecule has 0 aromatic heterocycles. The Bertz CT molecular complexity index is 817. The van der Waals surface area contributed by atoms with E-state index in [-0.39, 0.29) is 5.56 Å². The lowest BCUT2D eigenvalue weighted by Crippen LogP contribution is -2.36. The van der Waals surface area contributed by atoms with Gasteiger partial charge < -0.3 is 4.90 Å². The number of fused-ring (bicyclic) bond motifs is 1. The standard InChI is InChI=1S/C16H13N3O5/c20-16(17-6-5-11-3-1-2-4-12(11)10-17)13-7-14(18(21)22)9-15(8-13)19(23)24/h1-4,7-9H,5-6,10H2. The van der Waals surface area contributed by atoms with Crippen LogP contribution in [0.5, 0.6) is 0 Å². The van der Waals surface area contributed by atoms with Gasteiger partial charge in [-0.1, -0.05) is 24.3 Å². The average molecular weight is 327 g/mol. The first kappa shape index (κ1) is 15.6. The molecule has 0 spiro atoms. The molecule has 0 saturated carbocycles. The summed E-state index contributed by atoms with van der Waals surface area (Å²) in [5.41, 5.74) is 1.19. The topological polar surface area (TPSA) is 107 Å². The number of hydrogen-bond acceptors (Lipinski definition) is 5. The maximum atomic E-state index is 12.6. The summed E-state index contributed by atoms with van der Waals surface area (Å²) in [5.74, 6) is -0.448. The zero-order valence-electron chi connectivity index (χ0n) is 12.5. The van der Waals surface area contributed by atoms with Crippen LogP contribution in [0.3, 0.4) is 0 Å². The molecule has 0 fully saturated rings. The number of non-ortho nitro benzene ring substituents is 2. The molecule has 2 aromatic rings. The molecular weight excluding hydrogens is 314 g/mol. The molecule has 1 amide bonds. The van der Waals surface area contributed by atoms with E-state index in [0.29, 0.717) is 19.5 Å². The third-order valence-corrected chi connectivity index (χ3v) is 3.99. The lowest BCUT2D eigenvalue weighted by Gasteiger charge is -2.28. The number of nitro benzene ring substituents is 2. The molecule has 1 heterocycles. The molecule has 122 valence electrons. The molecule has 0 aliphatic carbocycles. The highest BCUT2D eigenvalue weighted by Crippen LogP contribution is 2.25. The van der Waals surface area contributed by atoms with Crippen LogP contribution in [-0.4, -0.2) is 27.2 Å². The highest BCUT2D eigenvalue weighted by Gasteiger charge is 2.25. The van der Waals surface area contributed by atoms with Crippen LogP contribution in [-0.2, 0) is 13.0 Å². The van der Waals surface area contributed by atoms with Gasteiger partial charge in [0.2, 0.25) is 0 Å². The first-order valence-corrected chi connectivity index (χ1v) is 7.25. The predicted octanol–water partition coefficient (Wildman–Crippen LogP) is 2.70. The lowest BCUT2D eigenvalue weighted by atomic mass is 9.99. The smallest absolute Gasteiger partial charge is 0.277 e. The van der Waals surface area contributed by atoms with E-state index < -0.39 is 27.1 Å². The van der Waals surface area contributed by atoms with E-state index in [0.717, 1.165) is 29.3 Å². The Hall–Kier alpha value is -3.29. The monoisotopic (exact) mass is 327 g/mol. The summed E-state index contributed by atoms with van der Waals surface area (Å²) in [7, 11) is 0. The van der Waals surface area contributed by atoms with Gasteiger partial charge in [0.1, 0.15) is 0 Å². The molecule has 2 aromatic carbocycles. The average Bonchev–Trinajstić information content (AvgIpc) is 2.60. The summed E-state index contributed by atoms with van der Waals surface area (Å²) in [6, 6.07) is 10.7. The van der Waals surface area contributed by atoms with E-state index in [1.807, 2.05) is 24.3 Å². The summed E-state index contributed by atoms with van der Waals surface area (Å²) in [5, 5.41) is 21.9. The number of carbonyl (C=O) groups excluding carboxylic acids is 1. The normalized spacial score (nSPS) is 13.2.